The van der Waals surface area contributed by atoms with Crippen molar-refractivity contribution in [1.82, 2.24) is 9.88 Å². The van der Waals surface area contributed by atoms with Gasteiger partial charge in [0.05, 0.1) is 17.0 Å². The van der Waals surface area contributed by atoms with Crippen LogP contribution in [0.2, 0.25) is 0 Å². The van der Waals surface area contributed by atoms with Crippen molar-refractivity contribution in [3.8, 4) is 11.3 Å². The third-order valence-corrected chi connectivity index (χ3v) is 4.92. The lowest BCUT2D eigenvalue weighted by Gasteiger charge is -2.25. The number of nitrogens with zero attached hydrogens (tertiary/aromatic N) is 2. The van der Waals surface area contributed by atoms with Gasteiger partial charge in [-0.3, -0.25) is 9.78 Å². The summed E-state index contributed by atoms with van der Waals surface area (Å²) >= 11 is 4.87. The second-order valence-corrected chi connectivity index (χ2v) is 6.79. The first-order chi connectivity index (χ1) is 11.0. The number of halogens is 1. The number of benzene rings is 1. The zero-order chi connectivity index (χ0) is 16.6. The van der Waals surface area contributed by atoms with E-state index in [0.29, 0.717) is 17.7 Å². The number of fused-ring (bicyclic) bond motifs is 1. The molecule has 0 atom stereocenters. The van der Waals surface area contributed by atoms with Crippen LogP contribution >= 0.6 is 27.7 Å². The summed E-state index contributed by atoms with van der Waals surface area (Å²) < 4.78 is 0.952. The van der Waals surface area contributed by atoms with Gasteiger partial charge in [-0.1, -0.05) is 28.1 Å². The molecule has 0 fully saturated rings. The molecule has 118 valence electrons. The smallest absolute Gasteiger partial charge is 0.414 e. The lowest BCUT2D eigenvalue weighted by molar-refractivity contribution is 0.0721. The van der Waals surface area contributed by atoms with E-state index in [0.717, 1.165) is 25.5 Å². The number of pyridine rings is 1. The first-order valence-corrected chi connectivity index (χ1v) is 8.91. The highest BCUT2D eigenvalue weighted by atomic mass is 79.9. The van der Waals surface area contributed by atoms with Crippen molar-refractivity contribution in [2.45, 2.75) is 11.3 Å². The molecule has 2 heterocycles. The summed E-state index contributed by atoms with van der Waals surface area (Å²) in [6, 6.07) is 9.63. The lowest BCUT2D eigenvalue weighted by Crippen LogP contribution is -2.41. The van der Waals surface area contributed by atoms with Crippen LogP contribution in [-0.2, 0) is 6.42 Å². The molecule has 1 aliphatic heterocycles. The number of carboxylic acid groups (broad SMARTS) is 1. The quantitative estimate of drug-likeness (QED) is 0.784. The standard InChI is InChI=1S/C16H13BrN2O3S/c1-23-13-8-12(9-3-2-4-10(17)7-9)18-11-5-6-19(16(21)22)15(20)14(11)13/h2-4,7-8H,5-6H2,1H3,(H,21,22). The van der Waals surface area contributed by atoms with Crippen molar-refractivity contribution >= 4 is 39.7 Å². The van der Waals surface area contributed by atoms with Crippen molar-refractivity contribution in [2.24, 2.45) is 0 Å². The number of rotatable bonds is 2. The summed E-state index contributed by atoms with van der Waals surface area (Å²) in [5.41, 5.74) is 2.80. The highest BCUT2D eigenvalue weighted by Crippen LogP contribution is 2.32. The Bertz CT molecular complexity index is 793. The minimum Gasteiger partial charge on any atom is -0.465 e. The maximum Gasteiger partial charge on any atom is 0.414 e. The molecular formula is C16H13BrN2O3S. The number of amides is 2. The summed E-state index contributed by atoms with van der Waals surface area (Å²) in [6.07, 6.45) is 1.08. The molecule has 1 N–H and O–H groups in total. The molecule has 1 aromatic heterocycles. The van der Waals surface area contributed by atoms with E-state index in [1.165, 1.54) is 11.8 Å². The van der Waals surface area contributed by atoms with E-state index in [2.05, 4.69) is 20.9 Å². The Morgan fingerprint density at radius 3 is 2.83 bits per heavy atom. The summed E-state index contributed by atoms with van der Waals surface area (Å²) in [5, 5.41) is 9.13. The van der Waals surface area contributed by atoms with Gasteiger partial charge < -0.3 is 5.11 Å². The van der Waals surface area contributed by atoms with E-state index < -0.39 is 12.0 Å². The molecule has 2 amide bonds. The molecule has 0 aliphatic carbocycles. The Kier molecular flexibility index (Phi) is 4.41. The van der Waals surface area contributed by atoms with E-state index in [9.17, 15) is 9.59 Å². The van der Waals surface area contributed by atoms with Gasteiger partial charge in [0.15, 0.2) is 0 Å². The average Bonchev–Trinajstić information content (AvgIpc) is 2.53. The molecule has 0 unspecified atom stereocenters. The third-order valence-electron chi connectivity index (χ3n) is 3.66. The van der Waals surface area contributed by atoms with Crippen LogP contribution in [0, 0.1) is 0 Å². The van der Waals surface area contributed by atoms with Gasteiger partial charge in [-0.2, -0.15) is 0 Å². The van der Waals surface area contributed by atoms with Gasteiger partial charge in [0.1, 0.15) is 0 Å². The SMILES string of the molecule is CSc1cc(-c2cccc(Br)c2)nc2c1C(=O)N(C(=O)O)CC2. The van der Waals surface area contributed by atoms with Crippen molar-refractivity contribution in [2.75, 3.05) is 12.8 Å². The second-order valence-electron chi connectivity index (χ2n) is 5.03. The van der Waals surface area contributed by atoms with E-state index >= 15 is 0 Å². The highest BCUT2D eigenvalue weighted by Gasteiger charge is 2.32. The number of aromatic nitrogens is 1. The number of hydrogen-bond acceptors (Lipinski definition) is 4. The van der Waals surface area contributed by atoms with Crippen molar-refractivity contribution < 1.29 is 14.7 Å². The van der Waals surface area contributed by atoms with Crippen LogP contribution in [0.4, 0.5) is 4.79 Å². The maximum absolute atomic E-state index is 12.4. The molecule has 0 saturated heterocycles. The molecule has 23 heavy (non-hydrogen) atoms. The number of thioether (sulfide) groups is 1. The molecule has 1 aliphatic rings. The molecule has 0 spiro atoms. The number of imide groups is 1. The Morgan fingerprint density at radius 2 is 2.17 bits per heavy atom. The molecule has 1 aromatic carbocycles. The zero-order valence-electron chi connectivity index (χ0n) is 12.2. The van der Waals surface area contributed by atoms with Gasteiger partial charge in [0, 0.05) is 27.9 Å². The van der Waals surface area contributed by atoms with Crippen LogP contribution in [0.25, 0.3) is 11.3 Å². The molecule has 0 bridgehead atoms. The van der Waals surface area contributed by atoms with Crippen molar-refractivity contribution in [3.63, 3.8) is 0 Å². The van der Waals surface area contributed by atoms with Crippen LogP contribution in [0.3, 0.4) is 0 Å². The highest BCUT2D eigenvalue weighted by molar-refractivity contribution is 9.10. The number of carbonyl (C=O) groups excluding carboxylic acids is 1. The molecular weight excluding hydrogens is 380 g/mol. The summed E-state index contributed by atoms with van der Waals surface area (Å²) in [6.45, 7) is 0.143. The van der Waals surface area contributed by atoms with Crippen LogP contribution in [0.15, 0.2) is 39.7 Å². The van der Waals surface area contributed by atoms with Gasteiger partial charge in [0.25, 0.3) is 5.91 Å². The topological polar surface area (TPSA) is 70.5 Å². The summed E-state index contributed by atoms with van der Waals surface area (Å²) in [4.78, 5) is 29.8. The fourth-order valence-electron chi connectivity index (χ4n) is 2.58. The van der Waals surface area contributed by atoms with Gasteiger partial charge in [0.2, 0.25) is 0 Å². The van der Waals surface area contributed by atoms with Crippen molar-refractivity contribution in [3.05, 3.63) is 46.1 Å². The monoisotopic (exact) mass is 392 g/mol. The Hall–Kier alpha value is -1.86. The molecule has 2 aromatic rings. The molecule has 7 heteroatoms. The van der Waals surface area contributed by atoms with Gasteiger partial charge in [-0.15, -0.1) is 11.8 Å². The zero-order valence-corrected chi connectivity index (χ0v) is 14.6. The number of carbonyl (C=O) groups is 2. The third kappa shape index (κ3) is 2.98. The Labute approximate surface area is 145 Å². The van der Waals surface area contributed by atoms with Crippen LogP contribution < -0.4 is 0 Å². The fourth-order valence-corrected chi connectivity index (χ4v) is 3.61. The largest absolute Gasteiger partial charge is 0.465 e. The van der Waals surface area contributed by atoms with Crippen LogP contribution in [0.1, 0.15) is 16.1 Å². The van der Waals surface area contributed by atoms with Gasteiger partial charge >= 0.3 is 6.09 Å². The van der Waals surface area contributed by atoms with Gasteiger partial charge in [-0.25, -0.2) is 9.69 Å². The molecule has 5 nitrogen and oxygen atoms in total. The second kappa shape index (κ2) is 6.33. The summed E-state index contributed by atoms with van der Waals surface area (Å²) in [7, 11) is 0. The lowest BCUT2D eigenvalue weighted by atomic mass is 10.0. The number of hydrogen-bond donors (Lipinski definition) is 1. The minimum atomic E-state index is -1.22. The van der Waals surface area contributed by atoms with Gasteiger partial charge in [-0.05, 0) is 24.5 Å². The van der Waals surface area contributed by atoms with Crippen LogP contribution in [-0.4, -0.2) is 39.8 Å². The van der Waals surface area contributed by atoms with E-state index in [1.54, 1.807) is 0 Å². The minimum absolute atomic E-state index is 0.143. The molecule has 0 radical (unpaired) electrons. The first-order valence-electron chi connectivity index (χ1n) is 6.90. The maximum atomic E-state index is 12.4. The predicted molar refractivity (Wildman–Crippen MR) is 91.9 cm³/mol. The average molecular weight is 393 g/mol. The van der Waals surface area contributed by atoms with Crippen LogP contribution in [0.5, 0.6) is 0 Å². The Balaban J connectivity index is 2.13. The summed E-state index contributed by atoms with van der Waals surface area (Å²) in [5.74, 6) is -0.489. The first kappa shape index (κ1) is 16.0. The fraction of sp³-hybridized carbons (Fsp3) is 0.188. The van der Waals surface area contributed by atoms with Crippen molar-refractivity contribution in [1.29, 1.82) is 0 Å². The van der Waals surface area contributed by atoms with E-state index in [4.69, 9.17) is 5.11 Å². The Morgan fingerprint density at radius 1 is 1.39 bits per heavy atom. The van der Waals surface area contributed by atoms with E-state index in [1.807, 2.05) is 36.6 Å². The normalized spacial score (nSPS) is 13.8. The molecule has 3 rings (SSSR count). The molecule has 0 saturated carbocycles. The van der Waals surface area contributed by atoms with E-state index in [-0.39, 0.29) is 6.54 Å². The predicted octanol–water partition coefficient (Wildman–Crippen LogP) is 3.91.